The Hall–Kier alpha value is -2.75. The smallest absolute Gasteiger partial charge is 0.134 e. The molecule has 0 saturated carbocycles. The zero-order valence-corrected chi connectivity index (χ0v) is 22.1. The van der Waals surface area contributed by atoms with Gasteiger partial charge in [-0.1, -0.05) is 78.3 Å². The first-order valence-corrected chi connectivity index (χ1v) is 12.2. The number of ketones is 1. The molecular formula is C29H43FN2O. The van der Waals surface area contributed by atoms with Crippen molar-refractivity contribution in [3.63, 3.8) is 0 Å². The molecule has 3 aromatic rings. The molecular weight excluding hydrogens is 411 g/mol. The highest BCUT2D eigenvalue weighted by Crippen LogP contribution is 2.22. The number of carbonyl (C=O) groups excluding carboxylic acids is 1. The van der Waals surface area contributed by atoms with Crippen molar-refractivity contribution >= 4 is 22.3 Å². The molecule has 0 amide bonds. The minimum Gasteiger partial charge on any atom is -0.300 e. The highest BCUT2D eigenvalue weighted by Gasteiger charge is 2.08. The first-order valence-electron chi connectivity index (χ1n) is 12.2. The van der Waals surface area contributed by atoms with Crippen molar-refractivity contribution in [1.82, 2.24) is 10.2 Å². The quantitative estimate of drug-likeness (QED) is 0.419. The van der Waals surface area contributed by atoms with Crippen LogP contribution in [0.25, 0.3) is 16.5 Å². The first-order chi connectivity index (χ1) is 15.8. The lowest BCUT2D eigenvalue weighted by atomic mass is 10.00. The van der Waals surface area contributed by atoms with E-state index in [4.69, 9.17) is 0 Å². The summed E-state index contributed by atoms with van der Waals surface area (Å²) in [5.74, 6) is -0.268. The number of Topliss-reactive ketones (excluding diaryl/α,β-unsaturated/α-hetero) is 1. The highest BCUT2D eigenvalue weighted by atomic mass is 19.1. The van der Waals surface area contributed by atoms with Gasteiger partial charge in [-0.25, -0.2) is 4.39 Å². The third-order valence-electron chi connectivity index (χ3n) is 4.68. The molecule has 3 nitrogen and oxygen atoms in total. The van der Waals surface area contributed by atoms with Crippen molar-refractivity contribution in [2.24, 2.45) is 0 Å². The molecule has 0 fully saturated rings. The number of aromatic amines is 1. The third-order valence-corrected chi connectivity index (χ3v) is 4.68. The maximum atomic E-state index is 13.4. The summed E-state index contributed by atoms with van der Waals surface area (Å²) < 4.78 is 13.4. The molecule has 0 aliphatic carbocycles. The Morgan fingerprint density at radius 1 is 1.03 bits per heavy atom. The van der Waals surface area contributed by atoms with Crippen LogP contribution in [0, 0.1) is 12.7 Å². The molecule has 0 unspecified atom stereocenters. The monoisotopic (exact) mass is 454 g/mol. The molecule has 0 aliphatic heterocycles. The van der Waals surface area contributed by atoms with Crippen molar-refractivity contribution < 1.29 is 9.18 Å². The van der Waals surface area contributed by atoms with Crippen LogP contribution in [0.4, 0.5) is 4.39 Å². The van der Waals surface area contributed by atoms with Gasteiger partial charge in [0.1, 0.15) is 11.6 Å². The van der Waals surface area contributed by atoms with E-state index in [1.807, 2.05) is 45.9 Å². The van der Waals surface area contributed by atoms with E-state index in [1.165, 1.54) is 30.4 Å². The standard InChI is InChI=1S/C12H15FO.C12H14N2.C3H8.C2H6/c1-4-10-7-12(13)11(5-8(10)2)6-9(3)14;1-3-6-9(2)12-10-7-4-5-8-11(10)13-14-12;1-3-2;1-2/h5,7H,4,6H2,1-3H3;4-8H,3H2,1-2H3,(H,13,14);3H2,1-2H3;1-2H3/b;9-6-;;. The van der Waals surface area contributed by atoms with Gasteiger partial charge in [0.15, 0.2) is 0 Å². The highest BCUT2D eigenvalue weighted by molar-refractivity contribution is 5.89. The van der Waals surface area contributed by atoms with Crippen LogP contribution in [0.3, 0.4) is 0 Å². The zero-order valence-electron chi connectivity index (χ0n) is 22.1. The summed E-state index contributed by atoms with van der Waals surface area (Å²) in [6.07, 6.45) is 5.51. The molecule has 0 aliphatic rings. The lowest BCUT2D eigenvalue weighted by Crippen LogP contribution is -2.01. The second-order valence-electron chi connectivity index (χ2n) is 7.72. The number of halogens is 1. The fraction of sp³-hybridized carbons (Fsp3) is 0.448. The largest absolute Gasteiger partial charge is 0.300 e. The van der Waals surface area contributed by atoms with Gasteiger partial charge in [0.2, 0.25) is 0 Å². The number of nitrogens with one attached hydrogen (secondary N) is 1. The van der Waals surface area contributed by atoms with Crippen molar-refractivity contribution in [3.05, 3.63) is 70.7 Å². The van der Waals surface area contributed by atoms with Crippen LogP contribution in [0.1, 0.15) is 90.6 Å². The summed E-state index contributed by atoms with van der Waals surface area (Å²) >= 11 is 0. The Morgan fingerprint density at radius 3 is 2.18 bits per heavy atom. The molecule has 33 heavy (non-hydrogen) atoms. The number of carbonyl (C=O) groups is 1. The van der Waals surface area contributed by atoms with Crippen LogP contribution in [0.15, 0.2) is 42.5 Å². The van der Waals surface area contributed by atoms with E-state index in [-0.39, 0.29) is 18.0 Å². The van der Waals surface area contributed by atoms with Crippen LogP contribution >= 0.6 is 0 Å². The molecule has 0 bridgehead atoms. The first kappa shape index (κ1) is 30.2. The number of aryl methyl sites for hydroxylation is 2. The van der Waals surface area contributed by atoms with Gasteiger partial charge in [-0.05, 0) is 68.0 Å². The summed E-state index contributed by atoms with van der Waals surface area (Å²) in [6, 6.07) is 11.5. The Balaban J connectivity index is 0.000000520. The maximum Gasteiger partial charge on any atom is 0.134 e. The van der Waals surface area contributed by atoms with Gasteiger partial charge in [0.05, 0.1) is 11.2 Å². The topological polar surface area (TPSA) is 45.8 Å². The Labute approximate surface area is 200 Å². The Morgan fingerprint density at radius 2 is 1.64 bits per heavy atom. The fourth-order valence-electron chi connectivity index (χ4n) is 3.23. The van der Waals surface area contributed by atoms with Crippen molar-refractivity contribution in [2.45, 2.75) is 88.0 Å². The normalized spacial score (nSPS) is 10.3. The zero-order chi connectivity index (χ0) is 25.4. The molecule has 0 saturated heterocycles. The lowest BCUT2D eigenvalue weighted by Gasteiger charge is -2.07. The molecule has 0 radical (unpaired) electrons. The van der Waals surface area contributed by atoms with Gasteiger partial charge in [-0.2, -0.15) is 5.10 Å². The second-order valence-corrected chi connectivity index (χ2v) is 7.72. The molecule has 182 valence electrons. The molecule has 0 atom stereocenters. The fourth-order valence-corrected chi connectivity index (χ4v) is 3.23. The number of fused-ring (bicyclic) bond motifs is 1. The molecule has 1 N–H and O–H groups in total. The van der Waals surface area contributed by atoms with Crippen LogP contribution in [-0.2, 0) is 17.6 Å². The minimum atomic E-state index is -0.261. The number of H-pyrrole nitrogens is 1. The van der Waals surface area contributed by atoms with E-state index < -0.39 is 0 Å². The van der Waals surface area contributed by atoms with Gasteiger partial charge < -0.3 is 0 Å². The molecule has 1 heterocycles. The van der Waals surface area contributed by atoms with Crippen molar-refractivity contribution in [3.8, 4) is 0 Å². The van der Waals surface area contributed by atoms with Gasteiger partial charge in [-0.15, -0.1) is 0 Å². The number of rotatable bonds is 5. The summed E-state index contributed by atoms with van der Waals surface area (Å²) in [5, 5.41) is 8.56. The van der Waals surface area contributed by atoms with Crippen LogP contribution in [0.5, 0.6) is 0 Å². The second kappa shape index (κ2) is 16.8. The van der Waals surface area contributed by atoms with E-state index in [1.54, 1.807) is 6.07 Å². The molecule has 2 aromatic carbocycles. The van der Waals surface area contributed by atoms with Crippen LogP contribution in [0.2, 0.25) is 0 Å². The van der Waals surface area contributed by atoms with E-state index in [2.05, 4.69) is 50.0 Å². The van der Waals surface area contributed by atoms with Gasteiger partial charge in [0, 0.05) is 11.8 Å². The number of hydrogen-bond acceptors (Lipinski definition) is 2. The van der Waals surface area contributed by atoms with Crippen LogP contribution < -0.4 is 0 Å². The number of allylic oxidation sites excluding steroid dienone is 2. The molecule has 0 spiro atoms. The van der Waals surface area contributed by atoms with E-state index in [0.717, 1.165) is 35.2 Å². The van der Waals surface area contributed by atoms with E-state index in [0.29, 0.717) is 5.56 Å². The SMILES string of the molecule is CC.CC/C=C(/C)c1n[nH]c2ccccc12.CCC.CCc1cc(F)c(CC(C)=O)cc1C. The van der Waals surface area contributed by atoms with Crippen LogP contribution in [-0.4, -0.2) is 16.0 Å². The summed E-state index contributed by atoms with van der Waals surface area (Å²) in [5.41, 5.74) is 5.99. The average Bonchev–Trinajstić information content (AvgIpc) is 3.23. The Bertz CT molecular complexity index is 1000. The summed E-state index contributed by atoms with van der Waals surface area (Å²) in [7, 11) is 0. The van der Waals surface area contributed by atoms with Gasteiger partial charge >= 0.3 is 0 Å². The van der Waals surface area contributed by atoms with Gasteiger partial charge in [0.25, 0.3) is 0 Å². The number of nitrogens with zero attached hydrogens (tertiary/aromatic N) is 1. The lowest BCUT2D eigenvalue weighted by molar-refractivity contribution is -0.116. The minimum absolute atomic E-state index is 0.00690. The maximum absolute atomic E-state index is 13.4. The predicted molar refractivity (Wildman–Crippen MR) is 142 cm³/mol. The summed E-state index contributed by atoms with van der Waals surface area (Å²) in [6.45, 7) is 17.9. The third kappa shape index (κ3) is 10.2. The van der Waals surface area contributed by atoms with Crippen molar-refractivity contribution in [1.29, 1.82) is 0 Å². The average molecular weight is 455 g/mol. The van der Waals surface area contributed by atoms with Gasteiger partial charge in [-0.3, -0.25) is 9.89 Å². The number of aromatic nitrogens is 2. The van der Waals surface area contributed by atoms with E-state index in [9.17, 15) is 9.18 Å². The molecule has 4 heteroatoms. The summed E-state index contributed by atoms with van der Waals surface area (Å²) in [4.78, 5) is 10.9. The molecule has 3 rings (SSSR count). The Kier molecular flexibility index (Phi) is 15.4. The predicted octanol–water partition coefficient (Wildman–Crippen LogP) is 8.65. The van der Waals surface area contributed by atoms with Crippen molar-refractivity contribution in [2.75, 3.05) is 0 Å². The number of para-hydroxylation sites is 1. The van der Waals surface area contributed by atoms with E-state index >= 15 is 0 Å². The number of benzene rings is 2. The molecule has 1 aromatic heterocycles. The number of hydrogen-bond donors (Lipinski definition) is 1.